The summed E-state index contributed by atoms with van der Waals surface area (Å²) in [6.07, 6.45) is 8.48. The lowest BCUT2D eigenvalue weighted by molar-refractivity contribution is 0.0913. The van der Waals surface area contributed by atoms with Gasteiger partial charge in [-0.15, -0.1) is 0 Å². The summed E-state index contributed by atoms with van der Waals surface area (Å²) < 4.78 is 27.0. The van der Waals surface area contributed by atoms with Crippen molar-refractivity contribution in [2.24, 2.45) is 0 Å². The maximum atomic E-state index is 12.8. The minimum atomic E-state index is -3.58. The SMILES string of the molecule is O=C(NC1CCN(C(=O)NC2CCCCC2)CC1)c1cc(S(=O)(=O)N2CCSCC2)c[nH]1. The third-order valence-corrected chi connectivity index (χ3v) is 9.38. The number of likely N-dealkylation sites (tertiary alicyclic amines) is 1. The van der Waals surface area contributed by atoms with Crippen LogP contribution < -0.4 is 10.6 Å². The van der Waals surface area contributed by atoms with E-state index in [1.54, 1.807) is 11.8 Å². The predicted molar refractivity (Wildman–Crippen MR) is 124 cm³/mol. The van der Waals surface area contributed by atoms with Crippen LogP contribution in [0.25, 0.3) is 0 Å². The number of aromatic amines is 1. The number of amides is 3. The summed E-state index contributed by atoms with van der Waals surface area (Å²) in [7, 11) is -3.58. The molecule has 1 saturated carbocycles. The molecule has 3 heterocycles. The second kappa shape index (κ2) is 10.5. The van der Waals surface area contributed by atoms with Crippen molar-refractivity contribution in [3.63, 3.8) is 0 Å². The molecule has 0 bridgehead atoms. The highest BCUT2D eigenvalue weighted by Crippen LogP contribution is 2.21. The van der Waals surface area contributed by atoms with Gasteiger partial charge in [0.25, 0.3) is 5.91 Å². The zero-order chi connectivity index (χ0) is 22.6. The van der Waals surface area contributed by atoms with Crippen LogP contribution in [-0.4, -0.2) is 84.3 Å². The average molecular weight is 484 g/mol. The normalized spacial score (nSPS) is 21.9. The van der Waals surface area contributed by atoms with Gasteiger partial charge in [-0.2, -0.15) is 16.1 Å². The van der Waals surface area contributed by atoms with Crippen LogP contribution in [0, 0.1) is 0 Å². The Balaban J connectivity index is 1.26. The van der Waals surface area contributed by atoms with Gasteiger partial charge in [0, 0.05) is 56.0 Å². The van der Waals surface area contributed by atoms with Gasteiger partial charge in [-0.25, -0.2) is 13.2 Å². The molecular weight excluding hydrogens is 450 g/mol. The number of carbonyl (C=O) groups is 2. The van der Waals surface area contributed by atoms with Gasteiger partial charge < -0.3 is 20.5 Å². The first-order valence-electron chi connectivity index (χ1n) is 11.6. The monoisotopic (exact) mass is 483 g/mol. The van der Waals surface area contributed by atoms with Crippen molar-refractivity contribution in [1.82, 2.24) is 24.8 Å². The van der Waals surface area contributed by atoms with Crippen molar-refractivity contribution in [3.05, 3.63) is 18.0 Å². The Morgan fingerprint density at radius 1 is 0.938 bits per heavy atom. The van der Waals surface area contributed by atoms with Crippen LogP contribution in [-0.2, 0) is 10.0 Å². The smallest absolute Gasteiger partial charge is 0.317 e. The first-order chi connectivity index (χ1) is 15.4. The molecule has 3 amide bonds. The van der Waals surface area contributed by atoms with E-state index < -0.39 is 10.0 Å². The maximum absolute atomic E-state index is 12.8. The van der Waals surface area contributed by atoms with Crippen molar-refractivity contribution in [1.29, 1.82) is 0 Å². The number of hydrogen-bond donors (Lipinski definition) is 3. The summed E-state index contributed by atoms with van der Waals surface area (Å²) in [4.78, 5) is 29.9. The predicted octanol–water partition coefficient (Wildman–Crippen LogP) is 1.99. The summed E-state index contributed by atoms with van der Waals surface area (Å²) >= 11 is 1.74. The molecule has 2 aliphatic heterocycles. The fourth-order valence-corrected chi connectivity index (χ4v) is 7.16. The number of rotatable bonds is 5. The second-order valence-electron chi connectivity index (χ2n) is 8.78. The summed E-state index contributed by atoms with van der Waals surface area (Å²) in [6, 6.07) is 1.66. The molecule has 3 fully saturated rings. The molecule has 1 aromatic rings. The van der Waals surface area contributed by atoms with Gasteiger partial charge in [0.2, 0.25) is 10.0 Å². The third-order valence-electron chi connectivity index (χ3n) is 6.56. The van der Waals surface area contributed by atoms with Gasteiger partial charge >= 0.3 is 6.03 Å². The number of aromatic nitrogens is 1. The average Bonchev–Trinajstić information content (AvgIpc) is 3.32. The minimum absolute atomic E-state index is 0.00277. The fraction of sp³-hybridized carbons (Fsp3) is 0.714. The van der Waals surface area contributed by atoms with E-state index in [4.69, 9.17) is 0 Å². The standard InChI is InChI=1S/C21H33N5O4S2/c27-20(19-14-18(15-22-19)32(29,30)26-10-12-31-13-11-26)23-17-6-8-25(9-7-17)21(28)24-16-4-2-1-3-5-16/h14-17,22H,1-13H2,(H,23,27)(H,24,28). The molecule has 0 aromatic carbocycles. The van der Waals surface area contributed by atoms with Crippen LogP contribution in [0.3, 0.4) is 0 Å². The quantitative estimate of drug-likeness (QED) is 0.593. The van der Waals surface area contributed by atoms with Crippen LogP contribution in [0.2, 0.25) is 0 Å². The topological polar surface area (TPSA) is 115 Å². The molecule has 32 heavy (non-hydrogen) atoms. The van der Waals surface area contributed by atoms with E-state index in [2.05, 4.69) is 15.6 Å². The number of thioether (sulfide) groups is 1. The molecule has 9 nitrogen and oxygen atoms in total. The first kappa shape index (κ1) is 23.4. The largest absolute Gasteiger partial charge is 0.356 e. The van der Waals surface area contributed by atoms with E-state index in [0.29, 0.717) is 39.0 Å². The number of hydrogen-bond acceptors (Lipinski definition) is 5. The molecule has 0 unspecified atom stereocenters. The lowest BCUT2D eigenvalue weighted by Crippen LogP contribution is -2.51. The summed E-state index contributed by atoms with van der Waals surface area (Å²) in [5.41, 5.74) is 0.243. The van der Waals surface area contributed by atoms with Gasteiger partial charge in [0.1, 0.15) is 10.6 Å². The van der Waals surface area contributed by atoms with Gasteiger partial charge in [0.05, 0.1) is 0 Å². The van der Waals surface area contributed by atoms with Crippen LogP contribution in [0.5, 0.6) is 0 Å². The van der Waals surface area contributed by atoms with Crippen molar-refractivity contribution in [2.75, 3.05) is 37.7 Å². The minimum Gasteiger partial charge on any atom is -0.356 e. The number of H-pyrrole nitrogens is 1. The van der Waals surface area contributed by atoms with Crippen LogP contribution in [0.15, 0.2) is 17.2 Å². The molecule has 2 saturated heterocycles. The lowest BCUT2D eigenvalue weighted by Gasteiger charge is -2.34. The van der Waals surface area contributed by atoms with Gasteiger partial charge in [-0.05, 0) is 31.7 Å². The molecule has 3 aliphatic rings. The highest BCUT2D eigenvalue weighted by atomic mass is 32.2. The van der Waals surface area contributed by atoms with Crippen molar-refractivity contribution in [2.45, 2.75) is 61.9 Å². The molecule has 0 atom stereocenters. The van der Waals surface area contributed by atoms with E-state index >= 15 is 0 Å². The fourth-order valence-electron chi connectivity index (χ4n) is 4.59. The van der Waals surface area contributed by atoms with Crippen molar-refractivity contribution < 1.29 is 18.0 Å². The number of nitrogens with zero attached hydrogens (tertiary/aromatic N) is 2. The highest BCUT2D eigenvalue weighted by Gasteiger charge is 2.29. The maximum Gasteiger partial charge on any atom is 0.317 e. The number of sulfonamides is 1. The Morgan fingerprint density at radius 2 is 1.59 bits per heavy atom. The molecule has 11 heteroatoms. The number of urea groups is 1. The number of carbonyl (C=O) groups excluding carboxylic acids is 2. The van der Waals surface area contributed by atoms with Gasteiger partial charge in [0.15, 0.2) is 0 Å². The molecule has 0 spiro atoms. The Hall–Kier alpha value is -1.72. The lowest BCUT2D eigenvalue weighted by atomic mass is 9.95. The zero-order valence-electron chi connectivity index (χ0n) is 18.3. The van der Waals surface area contributed by atoms with E-state index in [-0.39, 0.29) is 34.6 Å². The molecule has 178 valence electrons. The molecular formula is C21H33N5O4S2. The van der Waals surface area contributed by atoms with E-state index in [9.17, 15) is 18.0 Å². The molecule has 3 N–H and O–H groups in total. The van der Waals surface area contributed by atoms with E-state index in [1.807, 2.05) is 4.90 Å². The molecule has 0 radical (unpaired) electrons. The van der Waals surface area contributed by atoms with Crippen LogP contribution >= 0.6 is 11.8 Å². The van der Waals surface area contributed by atoms with Gasteiger partial charge in [-0.1, -0.05) is 19.3 Å². The van der Waals surface area contributed by atoms with E-state index in [0.717, 1.165) is 24.3 Å². The molecule has 1 aromatic heterocycles. The van der Waals surface area contributed by atoms with Crippen molar-refractivity contribution in [3.8, 4) is 0 Å². The summed E-state index contributed by atoms with van der Waals surface area (Å²) in [5, 5.41) is 6.13. The van der Waals surface area contributed by atoms with Crippen molar-refractivity contribution >= 4 is 33.7 Å². The van der Waals surface area contributed by atoms with Gasteiger partial charge in [-0.3, -0.25) is 4.79 Å². The molecule has 1 aliphatic carbocycles. The summed E-state index contributed by atoms with van der Waals surface area (Å²) in [6.45, 7) is 2.18. The van der Waals surface area contributed by atoms with E-state index in [1.165, 1.54) is 35.8 Å². The highest BCUT2D eigenvalue weighted by molar-refractivity contribution is 7.99. The second-order valence-corrected chi connectivity index (χ2v) is 11.9. The number of nitrogens with one attached hydrogen (secondary N) is 3. The summed E-state index contributed by atoms with van der Waals surface area (Å²) in [5.74, 6) is 1.26. The van der Waals surface area contributed by atoms with Crippen LogP contribution in [0.4, 0.5) is 4.79 Å². The zero-order valence-corrected chi connectivity index (χ0v) is 20.0. The third kappa shape index (κ3) is 5.60. The Labute approximate surface area is 194 Å². The first-order valence-corrected chi connectivity index (χ1v) is 14.2. The van der Waals surface area contributed by atoms with Crippen LogP contribution in [0.1, 0.15) is 55.4 Å². The Morgan fingerprint density at radius 3 is 2.28 bits per heavy atom. The molecule has 4 rings (SSSR count). The Bertz CT molecular complexity index is 899. The number of piperidine rings is 1. The Kier molecular flexibility index (Phi) is 7.67.